The van der Waals surface area contributed by atoms with Crippen LogP contribution in [0.25, 0.3) is 0 Å². The van der Waals surface area contributed by atoms with E-state index in [9.17, 15) is 9.59 Å². The fourth-order valence-electron chi connectivity index (χ4n) is 2.01. The van der Waals surface area contributed by atoms with Gasteiger partial charge in [0.15, 0.2) is 0 Å². The van der Waals surface area contributed by atoms with Gasteiger partial charge in [-0.2, -0.15) is 0 Å². The SMILES string of the molecule is CC1CN(C(=O)C(=O)Nc2ncccn2)CC(C)O1. The number of carbonyl (C=O) groups excluding carboxylic acids is 2. The summed E-state index contributed by atoms with van der Waals surface area (Å²) in [5.41, 5.74) is 0. The van der Waals surface area contributed by atoms with Crippen molar-refractivity contribution in [3.8, 4) is 0 Å². The van der Waals surface area contributed by atoms with E-state index in [2.05, 4.69) is 15.3 Å². The number of rotatable bonds is 1. The summed E-state index contributed by atoms with van der Waals surface area (Å²) in [6.07, 6.45) is 2.83. The van der Waals surface area contributed by atoms with Gasteiger partial charge in [0.05, 0.1) is 12.2 Å². The topological polar surface area (TPSA) is 84.4 Å². The van der Waals surface area contributed by atoms with Gasteiger partial charge < -0.3 is 9.64 Å². The maximum Gasteiger partial charge on any atom is 0.316 e. The first-order chi connectivity index (χ1) is 9.06. The van der Waals surface area contributed by atoms with Crippen molar-refractivity contribution in [3.05, 3.63) is 18.5 Å². The Morgan fingerprint density at radius 1 is 1.26 bits per heavy atom. The minimum atomic E-state index is -0.729. The molecule has 0 bridgehead atoms. The van der Waals surface area contributed by atoms with E-state index in [-0.39, 0.29) is 18.2 Å². The standard InChI is InChI=1S/C12H16N4O3/c1-8-6-16(7-9(2)19-8)11(18)10(17)15-12-13-4-3-5-14-12/h3-5,8-9H,6-7H2,1-2H3,(H,13,14,15,17). The summed E-state index contributed by atoms with van der Waals surface area (Å²) in [7, 11) is 0. The van der Waals surface area contributed by atoms with Gasteiger partial charge in [0.25, 0.3) is 0 Å². The normalized spacial score (nSPS) is 22.9. The predicted molar refractivity (Wildman–Crippen MR) is 67.3 cm³/mol. The number of carbonyl (C=O) groups is 2. The summed E-state index contributed by atoms with van der Waals surface area (Å²) < 4.78 is 5.51. The van der Waals surface area contributed by atoms with Gasteiger partial charge in [0.2, 0.25) is 5.95 Å². The second-order valence-corrected chi connectivity index (χ2v) is 4.49. The Hall–Kier alpha value is -2.02. The van der Waals surface area contributed by atoms with Crippen LogP contribution in [0.15, 0.2) is 18.5 Å². The zero-order chi connectivity index (χ0) is 13.8. The van der Waals surface area contributed by atoms with Crippen LogP contribution < -0.4 is 5.32 Å². The Kier molecular flexibility index (Phi) is 4.06. The van der Waals surface area contributed by atoms with Crippen molar-refractivity contribution < 1.29 is 14.3 Å². The van der Waals surface area contributed by atoms with Crippen molar-refractivity contribution in [2.45, 2.75) is 26.1 Å². The van der Waals surface area contributed by atoms with E-state index < -0.39 is 11.8 Å². The Morgan fingerprint density at radius 3 is 2.42 bits per heavy atom. The second-order valence-electron chi connectivity index (χ2n) is 4.49. The van der Waals surface area contributed by atoms with Gasteiger partial charge in [-0.1, -0.05) is 0 Å². The van der Waals surface area contributed by atoms with Crippen molar-refractivity contribution in [1.29, 1.82) is 0 Å². The molecule has 1 aliphatic heterocycles. The molecule has 1 aromatic rings. The molecule has 1 saturated heterocycles. The first-order valence-corrected chi connectivity index (χ1v) is 6.09. The average Bonchev–Trinajstić information content (AvgIpc) is 2.37. The van der Waals surface area contributed by atoms with Gasteiger partial charge >= 0.3 is 11.8 Å². The zero-order valence-electron chi connectivity index (χ0n) is 10.9. The van der Waals surface area contributed by atoms with E-state index in [0.29, 0.717) is 13.1 Å². The van der Waals surface area contributed by atoms with Crippen molar-refractivity contribution in [2.75, 3.05) is 18.4 Å². The lowest BCUT2D eigenvalue weighted by Crippen LogP contribution is -2.51. The highest BCUT2D eigenvalue weighted by molar-refractivity contribution is 6.39. The van der Waals surface area contributed by atoms with E-state index in [1.807, 2.05) is 13.8 Å². The molecule has 2 heterocycles. The number of anilines is 1. The summed E-state index contributed by atoms with van der Waals surface area (Å²) in [4.78, 5) is 33.0. The molecule has 19 heavy (non-hydrogen) atoms. The molecule has 7 heteroatoms. The van der Waals surface area contributed by atoms with E-state index in [4.69, 9.17) is 4.74 Å². The van der Waals surface area contributed by atoms with Crippen LogP contribution in [0, 0.1) is 0 Å². The third-order valence-corrected chi connectivity index (χ3v) is 2.69. The molecule has 0 aromatic carbocycles. The molecule has 2 amide bonds. The maximum atomic E-state index is 12.0. The molecular weight excluding hydrogens is 248 g/mol. The predicted octanol–water partition coefficient (Wildman–Crippen LogP) is 0.0509. The fourth-order valence-corrected chi connectivity index (χ4v) is 2.01. The van der Waals surface area contributed by atoms with Crippen molar-refractivity contribution >= 4 is 17.8 Å². The van der Waals surface area contributed by atoms with Gasteiger partial charge in [-0.25, -0.2) is 9.97 Å². The van der Waals surface area contributed by atoms with Crippen LogP contribution in [-0.4, -0.2) is 52.0 Å². The van der Waals surface area contributed by atoms with E-state index >= 15 is 0 Å². The van der Waals surface area contributed by atoms with Gasteiger partial charge in [0.1, 0.15) is 0 Å². The van der Waals surface area contributed by atoms with Crippen LogP contribution in [0.2, 0.25) is 0 Å². The third-order valence-electron chi connectivity index (χ3n) is 2.69. The van der Waals surface area contributed by atoms with Gasteiger partial charge in [-0.05, 0) is 19.9 Å². The second kappa shape index (κ2) is 5.75. The van der Waals surface area contributed by atoms with Crippen LogP contribution in [0.1, 0.15) is 13.8 Å². The molecule has 2 unspecified atom stereocenters. The van der Waals surface area contributed by atoms with E-state index in [0.717, 1.165) is 0 Å². The highest BCUT2D eigenvalue weighted by Gasteiger charge is 2.29. The molecule has 2 rings (SSSR count). The molecule has 2 atom stereocenters. The molecule has 1 fully saturated rings. The van der Waals surface area contributed by atoms with Crippen LogP contribution >= 0.6 is 0 Å². The van der Waals surface area contributed by atoms with Crippen molar-refractivity contribution in [1.82, 2.24) is 14.9 Å². The number of amides is 2. The fraction of sp³-hybridized carbons (Fsp3) is 0.500. The Morgan fingerprint density at radius 2 is 1.84 bits per heavy atom. The molecule has 102 valence electrons. The Labute approximate surface area is 111 Å². The first kappa shape index (κ1) is 13.4. The minimum Gasteiger partial charge on any atom is -0.372 e. The first-order valence-electron chi connectivity index (χ1n) is 6.09. The highest BCUT2D eigenvalue weighted by Crippen LogP contribution is 2.11. The smallest absolute Gasteiger partial charge is 0.316 e. The Balaban J connectivity index is 1.97. The lowest BCUT2D eigenvalue weighted by atomic mass is 10.2. The largest absolute Gasteiger partial charge is 0.372 e. The number of nitrogens with zero attached hydrogens (tertiary/aromatic N) is 3. The molecule has 0 spiro atoms. The van der Waals surface area contributed by atoms with Gasteiger partial charge in [-0.3, -0.25) is 14.9 Å². The van der Waals surface area contributed by atoms with Crippen molar-refractivity contribution in [2.24, 2.45) is 0 Å². The number of hydrogen-bond donors (Lipinski definition) is 1. The summed E-state index contributed by atoms with van der Waals surface area (Å²) in [5, 5.41) is 2.38. The number of morpholine rings is 1. The molecule has 0 saturated carbocycles. The molecule has 1 aromatic heterocycles. The van der Waals surface area contributed by atoms with Crippen LogP contribution in [0.4, 0.5) is 5.95 Å². The van der Waals surface area contributed by atoms with Crippen LogP contribution in [0.3, 0.4) is 0 Å². The van der Waals surface area contributed by atoms with Gasteiger partial charge in [0, 0.05) is 25.5 Å². The number of ether oxygens (including phenoxy) is 1. The summed E-state index contributed by atoms with van der Waals surface area (Å²) in [5.74, 6) is -1.20. The maximum absolute atomic E-state index is 12.0. The third kappa shape index (κ3) is 3.47. The number of nitrogens with one attached hydrogen (secondary N) is 1. The van der Waals surface area contributed by atoms with E-state index in [1.165, 1.54) is 17.3 Å². The molecular formula is C12H16N4O3. The Bertz CT molecular complexity index is 455. The molecule has 1 N–H and O–H groups in total. The lowest BCUT2D eigenvalue weighted by Gasteiger charge is -2.34. The van der Waals surface area contributed by atoms with Crippen LogP contribution in [0.5, 0.6) is 0 Å². The van der Waals surface area contributed by atoms with Gasteiger partial charge in [-0.15, -0.1) is 0 Å². The monoisotopic (exact) mass is 264 g/mol. The number of aromatic nitrogens is 2. The highest BCUT2D eigenvalue weighted by atomic mass is 16.5. The molecule has 7 nitrogen and oxygen atoms in total. The zero-order valence-corrected chi connectivity index (χ0v) is 10.9. The number of hydrogen-bond acceptors (Lipinski definition) is 5. The minimum absolute atomic E-state index is 0.0755. The summed E-state index contributed by atoms with van der Waals surface area (Å²) in [6.45, 7) is 4.56. The lowest BCUT2D eigenvalue weighted by molar-refractivity contribution is -0.151. The molecule has 0 aliphatic carbocycles. The average molecular weight is 264 g/mol. The summed E-state index contributed by atoms with van der Waals surface area (Å²) >= 11 is 0. The summed E-state index contributed by atoms with van der Waals surface area (Å²) in [6, 6.07) is 1.63. The van der Waals surface area contributed by atoms with Crippen LogP contribution in [-0.2, 0) is 14.3 Å². The van der Waals surface area contributed by atoms with E-state index in [1.54, 1.807) is 6.07 Å². The quantitative estimate of drug-likeness (QED) is 0.724. The molecule has 1 aliphatic rings. The molecule has 0 radical (unpaired) electrons. The van der Waals surface area contributed by atoms with Crippen molar-refractivity contribution in [3.63, 3.8) is 0 Å².